The molecule has 0 spiro atoms. The third kappa shape index (κ3) is 2.02. The predicted molar refractivity (Wildman–Crippen MR) is 73.3 cm³/mol. The van der Waals surface area contributed by atoms with Gasteiger partial charge in [0.25, 0.3) is 0 Å². The number of hydrogen-bond donors (Lipinski definition) is 0. The zero-order chi connectivity index (χ0) is 12.5. The van der Waals surface area contributed by atoms with Gasteiger partial charge in [-0.1, -0.05) is 35.4 Å². The summed E-state index contributed by atoms with van der Waals surface area (Å²) in [4.78, 5) is 4.58. The number of aliphatic imine (C=N–C) groups is 1. The van der Waals surface area contributed by atoms with Crippen molar-refractivity contribution in [2.45, 2.75) is 20.5 Å². The molecule has 2 nitrogen and oxygen atoms in total. The molecule has 0 aromatic heterocycles. The van der Waals surface area contributed by atoms with Crippen LogP contribution in [0.25, 0.3) is 0 Å². The Morgan fingerprint density at radius 2 is 1.67 bits per heavy atom. The molecule has 0 bridgehead atoms. The molecular weight excluding hydrogens is 222 g/mol. The fraction of sp³-hybridized carbons (Fsp3) is 0.188. The molecule has 1 aliphatic heterocycles. The summed E-state index contributed by atoms with van der Waals surface area (Å²) in [6, 6.07) is 14.5. The molecule has 0 N–H and O–H groups in total. The summed E-state index contributed by atoms with van der Waals surface area (Å²) in [6.45, 7) is 4.76. The van der Waals surface area contributed by atoms with Crippen LogP contribution in [0.4, 0.5) is 5.69 Å². The van der Waals surface area contributed by atoms with Crippen LogP contribution in [0.5, 0.6) is 0 Å². The number of hydrogen-bond acceptors (Lipinski definition) is 2. The number of rotatable bonds is 1. The smallest absolute Gasteiger partial charge is 0.221 e. The Hall–Kier alpha value is -2.09. The lowest BCUT2D eigenvalue weighted by atomic mass is 10.1. The van der Waals surface area contributed by atoms with E-state index < -0.39 is 0 Å². The first-order valence-corrected chi connectivity index (χ1v) is 6.10. The first-order chi connectivity index (χ1) is 8.72. The van der Waals surface area contributed by atoms with Crippen molar-refractivity contribution < 1.29 is 4.74 Å². The third-order valence-corrected chi connectivity index (χ3v) is 3.12. The van der Waals surface area contributed by atoms with E-state index in [9.17, 15) is 0 Å². The maximum absolute atomic E-state index is 5.74. The van der Waals surface area contributed by atoms with Crippen LogP contribution in [-0.4, -0.2) is 5.90 Å². The number of ether oxygens (including phenoxy) is 1. The fourth-order valence-corrected chi connectivity index (χ4v) is 2.07. The highest BCUT2D eigenvalue weighted by Gasteiger charge is 2.14. The fourth-order valence-electron chi connectivity index (χ4n) is 2.07. The first-order valence-electron chi connectivity index (χ1n) is 6.10. The van der Waals surface area contributed by atoms with Crippen LogP contribution in [0.15, 0.2) is 47.5 Å². The molecule has 0 unspecified atom stereocenters. The van der Waals surface area contributed by atoms with Crippen LogP contribution in [0.1, 0.15) is 22.3 Å². The molecule has 3 rings (SSSR count). The Labute approximate surface area is 107 Å². The van der Waals surface area contributed by atoms with Crippen molar-refractivity contribution >= 4 is 11.6 Å². The number of aryl methyl sites for hydroxylation is 2. The maximum atomic E-state index is 5.74. The van der Waals surface area contributed by atoms with E-state index >= 15 is 0 Å². The van der Waals surface area contributed by atoms with Gasteiger partial charge in [0.1, 0.15) is 6.61 Å². The van der Waals surface area contributed by atoms with Gasteiger partial charge in [-0.05, 0) is 32.0 Å². The molecule has 0 saturated carbocycles. The molecule has 0 atom stereocenters. The molecular formula is C16H15NO. The Morgan fingerprint density at radius 3 is 2.44 bits per heavy atom. The second kappa shape index (κ2) is 4.30. The number of fused-ring (bicyclic) bond motifs is 1. The minimum Gasteiger partial charge on any atom is -0.472 e. The van der Waals surface area contributed by atoms with Crippen molar-refractivity contribution in [2.24, 2.45) is 4.99 Å². The van der Waals surface area contributed by atoms with Crippen molar-refractivity contribution in [1.29, 1.82) is 0 Å². The molecule has 0 aliphatic carbocycles. The van der Waals surface area contributed by atoms with E-state index in [2.05, 4.69) is 49.2 Å². The summed E-state index contributed by atoms with van der Waals surface area (Å²) in [6.07, 6.45) is 0. The molecule has 2 aromatic carbocycles. The van der Waals surface area contributed by atoms with Gasteiger partial charge in [-0.3, -0.25) is 0 Å². The van der Waals surface area contributed by atoms with Gasteiger partial charge in [-0.25, -0.2) is 4.99 Å². The summed E-state index contributed by atoms with van der Waals surface area (Å²) in [5.74, 6) is 0.714. The second-order valence-electron chi connectivity index (χ2n) is 4.70. The molecule has 90 valence electrons. The minimum absolute atomic E-state index is 0.601. The average Bonchev–Trinajstić information content (AvgIpc) is 2.39. The molecule has 0 saturated heterocycles. The Balaban J connectivity index is 2.00. The van der Waals surface area contributed by atoms with Crippen LogP contribution < -0.4 is 0 Å². The molecule has 0 radical (unpaired) electrons. The van der Waals surface area contributed by atoms with Gasteiger partial charge < -0.3 is 4.74 Å². The SMILES string of the molecule is Cc1ccc(C2=Nc3ccc(C)cc3CO2)cc1. The zero-order valence-electron chi connectivity index (χ0n) is 10.6. The Morgan fingerprint density at radius 1 is 0.944 bits per heavy atom. The molecule has 0 amide bonds. The van der Waals surface area contributed by atoms with E-state index in [0.29, 0.717) is 12.5 Å². The average molecular weight is 237 g/mol. The van der Waals surface area contributed by atoms with Crippen LogP contribution in [0.2, 0.25) is 0 Å². The highest BCUT2D eigenvalue weighted by Crippen LogP contribution is 2.27. The third-order valence-electron chi connectivity index (χ3n) is 3.12. The lowest BCUT2D eigenvalue weighted by molar-refractivity contribution is 0.288. The highest BCUT2D eigenvalue weighted by atomic mass is 16.5. The standard InChI is InChI=1S/C16H15NO/c1-11-3-6-13(7-4-11)16-17-15-8-5-12(2)9-14(15)10-18-16/h3-9H,10H2,1-2H3. The predicted octanol–water partition coefficient (Wildman–Crippen LogP) is 3.91. The topological polar surface area (TPSA) is 21.6 Å². The lowest BCUT2D eigenvalue weighted by Gasteiger charge is -2.17. The molecule has 0 fully saturated rings. The van der Waals surface area contributed by atoms with Gasteiger partial charge in [0.05, 0.1) is 5.69 Å². The summed E-state index contributed by atoms with van der Waals surface area (Å²) in [7, 11) is 0. The molecule has 1 aliphatic rings. The van der Waals surface area contributed by atoms with Gasteiger partial charge in [-0.2, -0.15) is 0 Å². The summed E-state index contributed by atoms with van der Waals surface area (Å²) in [5, 5.41) is 0. The van der Waals surface area contributed by atoms with Gasteiger partial charge >= 0.3 is 0 Å². The highest BCUT2D eigenvalue weighted by molar-refractivity contribution is 5.96. The summed E-state index contributed by atoms with van der Waals surface area (Å²) < 4.78 is 5.74. The number of benzene rings is 2. The van der Waals surface area contributed by atoms with Crippen molar-refractivity contribution in [3.63, 3.8) is 0 Å². The first kappa shape index (κ1) is 11.0. The van der Waals surface area contributed by atoms with Gasteiger partial charge in [0.15, 0.2) is 0 Å². The van der Waals surface area contributed by atoms with E-state index in [4.69, 9.17) is 4.74 Å². The normalized spacial score (nSPS) is 13.6. The van der Waals surface area contributed by atoms with E-state index in [0.717, 1.165) is 16.8 Å². The minimum atomic E-state index is 0.601. The van der Waals surface area contributed by atoms with Crippen LogP contribution in [0.3, 0.4) is 0 Å². The largest absolute Gasteiger partial charge is 0.472 e. The second-order valence-corrected chi connectivity index (χ2v) is 4.70. The van der Waals surface area contributed by atoms with E-state index in [1.54, 1.807) is 0 Å². The summed E-state index contributed by atoms with van der Waals surface area (Å²) in [5.41, 5.74) is 5.69. The molecule has 18 heavy (non-hydrogen) atoms. The van der Waals surface area contributed by atoms with Crippen molar-refractivity contribution in [3.8, 4) is 0 Å². The van der Waals surface area contributed by atoms with E-state index in [1.807, 2.05) is 12.1 Å². The lowest BCUT2D eigenvalue weighted by Crippen LogP contribution is -2.11. The van der Waals surface area contributed by atoms with Gasteiger partial charge in [-0.15, -0.1) is 0 Å². The quantitative estimate of drug-likeness (QED) is 0.736. The van der Waals surface area contributed by atoms with Gasteiger partial charge in [0, 0.05) is 11.1 Å². The maximum Gasteiger partial charge on any atom is 0.221 e. The molecule has 2 aromatic rings. The summed E-state index contributed by atoms with van der Waals surface area (Å²) >= 11 is 0. The van der Waals surface area contributed by atoms with E-state index in [-0.39, 0.29) is 0 Å². The monoisotopic (exact) mass is 237 g/mol. The van der Waals surface area contributed by atoms with Crippen molar-refractivity contribution in [3.05, 3.63) is 64.7 Å². The van der Waals surface area contributed by atoms with E-state index in [1.165, 1.54) is 11.1 Å². The molecule has 1 heterocycles. The molecule has 2 heteroatoms. The van der Waals surface area contributed by atoms with Crippen molar-refractivity contribution in [2.75, 3.05) is 0 Å². The Bertz CT molecular complexity index is 611. The van der Waals surface area contributed by atoms with Crippen LogP contribution >= 0.6 is 0 Å². The van der Waals surface area contributed by atoms with Crippen molar-refractivity contribution in [1.82, 2.24) is 0 Å². The van der Waals surface area contributed by atoms with Crippen LogP contribution in [0, 0.1) is 13.8 Å². The van der Waals surface area contributed by atoms with Crippen LogP contribution in [-0.2, 0) is 11.3 Å². The van der Waals surface area contributed by atoms with Gasteiger partial charge in [0.2, 0.25) is 5.90 Å². The number of nitrogens with zero attached hydrogens (tertiary/aromatic N) is 1. The zero-order valence-corrected chi connectivity index (χ0v) is 10.6. The Kier molecular flexibility index (Phi) is 2.63.